The molecule has 0 fully saturated rings. The molecule has 0 bridgehead atoms. The van der Waals surface area contributed by atoms with Crippen LogP contribution in [0.4, 0.5) is 0 Å². The van der Waals surface area contributed by atoms with Crippen LogP contribution in [0.2, 0.25) is 0 Å². The van der Waals surface area contributed by atoms with E-state index in [1.807, 2.05) is 0 Å². The topological polar surface area (TPSA) is 77.3 Å². The summed E-state index contributed by atoms with van der Waals surface area (Å²) in [6.07, 6.45) is 7.63. The molecule has 0 aliphatic heterocycles. The number of hydrogen-bond acceptors (Lipinski definition) is 2. The Morgan fingerprint density at radius 3 is 3.00 bits per heavy atom. The lowest BCUT2D eigenvalue weighted by atomic mass is 10.0. The number of ketones is 1. The normalized spacial score (nSPS) is 13.9. The van der Waals surface area contributed by atoms with E-state index in [-0.39, 0.29) is 12.2 Å². The number of carbonyl (C=O) groups excluding carboxylic acids is 1. The Labute approximate surface area is 88.8 Å². The number of Topliss-reactive ketones (excluding diaryl/α,β-unsaturated/α-hetero) is 1. The van der Waals surface area contributed by atoms with Crippen molar-refractivity contribution >= 4 is 11.5 Å². The molecular weight excluding hydrogens is 190 g/mol. The van der Waals surface area contributed by atoms with Crippen LogP contribution in [0.25, 0.3) is 5.53 Å². The number of nitrogens with zero attached hydrogens (tertiary/aromatic N) is 3. The number of carbonyl (C=O) groups is 1. The fraction of sp³-hybridized carbons (Fsp3) is 0.545. The Morgan fingerprint density at radius 2 is 2.47 bits per heavy atom. The number of allylic oxidation sites excluding steroid dienone is 2. The minimum Gasteiger partial charge on any atom is -0.360 e. The van der Waals surface area contributed by atoms with E-state index >= 15 is 0 Å². The molecule has 0 unspecified atom stereocenters. The molecular formula is C11H13N3O. The molecule has 4 nitrogen and oxygen atoms in total. The maximum absolute atomic E-state index is 11.2. The van der Waals surface area contributed by atoms with E-state index in [2.05, 4.69) is 10.9 Å². The smallest absolute Gasteiger partial charge is 0.360 e. The van der Waals surface area contributed by atoms with Gasteiger partial charge in [0.25, 0.3) is 5.78 Å². The summed E-state index contributed by atoms with van der Waals surface area (Å²) in [7, 11) is 0. The van der Waals surface area contributed by atoms with Crippen LogP contribution in [0.5, 0.6) is 0 Å². The Kier molecular flexibility index (Phi) is 4.46. The Bertz CT molecular complexity index is 370. The SMILES string of the molecule is N#CC(=[N+]=[N-])C(=O)CCCC1=CCCC1. The molecule has 0 aromatic rings. The minimum absolute atomic E-state index is 0.282. The van der Waals surface area contributed by atoms with Crippen molar-refractivity contribution in [2.75, 3.05) is 0 Å². The van der Waals surface area contributed by atoms with Gasteiger partial charge in [-0.1, -0.05) is 11.6 Å². The van der Waals surface area contributed by atoms with Crippen LogP contribution in [-0.2, 0) is 4.79 Å². The summed E-state index contributed by atoms with van der Waals surface area (Å²) in [6.45, 7) is 0. The number of hydrogen-bond donors (Lipinski definition) is 0. The van der Waals surface area contributed by atoms with Crippen molar-refractivity contribution in [3.05, 3.63) is 17.2 Å². The highest BCUT2D eigenvalue weighted by Gasteiger charge is 2.18. The van der Waals surface area contributed by atoms with Gasteiger partial charge in [0.15, 0.2) is 6.07 Å². The molecule has 0 aromatic heterocycles. The third kappa shape index (κ3) is 3.49. The molecule has 1 aliphatic carbocycles. The van der Waals surface area contributed by atoms with Gasteiger partial charge in [-0.3, -0.25) is 4.79 Å². The summed E-state index contributed by atoms with van der Waals surface area (Å²) in [6, 6.07) is 1.57. The maximum Gasteiger partial charge on any atom is 0.433 e. The molecule has 0 amide bonds. The molecule has 1 rings (SSSR count). The van der Waals surface area contributed by atoms with Crippen LogP contribution in [-0.4, -0.2) is 16.3 Å². The van der Waals surface area contributed by atoms with Gasteiger partial charge in [0.1, 0.15) is 0 Å². The predicted octanol–water partition coefficient (Wildman–Crippen LogP) is 2.03. The first kappa shape index (κ1) is 11.4. The van der Waals surface area contributed by atoms with Gasteiger partial charge in [0.05, 0.1) is 0 Å². The molecule has 15 heavy (non-hydrogen) atoms. The fourth-order valence-electron chi connectivity index (χ4n) is 1.70. The van der Waals surface area contributed by atoms with E-state index in [0.29, 0.717) is 0 Å². The highest BCUT2D eigenvalue weighted by Crippen LogP contribution is 2.22. The number of rotatable bonds is 5. The summed E-state index contributed by atoms with van der Waals surface area (Å²) < 4.78 is 0. The van der Waals surface area contributed by atoms with Crippen LogP contribution >= 0.6 is 0 Å². The average Bonchev–Trinajstić information content (AvgIpc) is 2.72. The lowest BCUT2D eigenvalue weighted by Gasteiger charge is -1.98. The van der Waals surface area contributed by atoms with Crippen LogP contribution < -0.4 is 0 Å². The van der Waals surface area contributed by atoms with Crippen molar-refractivity contribution in [3.8, 4) is 6.07 Å². The molecule has 0 N–H and O–H groups in total. The van der Waals surface area contributed by atoms with Crippen molar-refractivity contribution in [1.29, 1.82) is 5.26 Å². The second kappa shape index (κ2) is 5.90. The van der Waals surface area contributed by atoms with Gasteiger partial charge < -0.3 is 5.53 Å². The second-order valence-corrected chi connectivity index (χ2v) is 3.59. The quantitative estimate of drug-likeness (QED) is 0.296. The van der Waals surface area contributed by atoms with E-state index < -0.39 is 5.71 Å². The summed E-state index contributed by atoms with van der Waals surface area (Å²) in [5.74, 6) is -0.376. The Morgan fingerprint density at radius 1 is 1.67 bits per heavy atom. The molecule has 0 saturated carbocycles. The van der Waals surface area contributed by atoms with Crippen molar-refractivity contribution in [2.24, 2.45) is 0 Å². The third-order valence-corrected chi connectivity index (χ3v) is 2.51. The van der Waals surface area contributed by atoms with Crippen molar-refractivity contribution in [1.82, 2.24) is 0 Å². The number of nitriles is 1. The summed E-state index contributed by atoms with van der Waals surface area (Å²) in [5, 5.41) is 8.43. The lowest BCUT2D eigenvalue weighted by Crippen LogP contribution is -2.12. The van der Waals surface area contributed by atoms with Gasteiger partial charge in [-0.25, -0.2) is 0 Å². The average molecular weight is 203 g/mol. The zero-order chi connectivity index (χ0) is 11.1. The van der Waals surface area contributed by atoms with Gasteiger partial charge >= 0.3 is 5.71 Å². The van der Waals surface area contributed by atoms with Crippen LogP contribution in [0.3, 0.4) is 0 Å². The molecule has 78 valence electrons. The fourth-order valence-corrected chi connectivity index (χ4v) is 1.70. The van der Waals surface area contributed by atoms with E-state index in [0.717, 1.165) is 25.7 Å². The Hall–Kier alpha value is -1.72. The molecule has 4 heteroatoms. The standard InChI is InChI=1S/C11H13N3O/c12-8-10(14-13)11(15)7-3-6-9-4-1-2-5-9/h4H,1-3,5-7H2. The monoisotopic (exact) mass is 203 g/mol. The Balaban J connectivity index is 2.29. The third-order valence-electron chi connectivity index (χ3n) is 2.51. The van der Waals surface area contributed by atoms with Crippen molar-refractivity contribution in [3.63, 3.8) is 0 Å². The van der Waals surface area contributed by atoms with E-state index in [1.54, 1.807) is 6.07 Å². The molecule has 0 radical (unpaired) electrons. The molecule has 0 heterocycles. The van der Waals surface area contributed by atoms with E-state index in [4.69, 9.17) is 10.8 Å². The first-order chi connectivity index (χ1) is 7.27. The molecule has 1 aliphatic rings. The zero-order valence-electron chi connectivity index (χ0n) is 8.57. The summed E-state index contributed by atoms with van der Waals surface area (Å²) in [5.41, 5.74) is 9.35. The minimum atomic E-state index is -0.393. The highest BCUT2D eigenvalue weighted by molar-refractivity contribution is 6.43. The first-order valence-electron chi connectivity index (χ1n) is 5.11. The van der Waals surface area contributed by atoms with Crippen LogP contribution in [0, 0.1) is 11.3 Å². The molecule has 0 saturated heterocycles. The lowest BCUT2D eigenvalue weighted by molar-refractivity contribution is -0.117. The van der Waals surface area contributed by atoms with Crippen LogP contribution in [0.1, 0.15) is 38.5 Å². The van der Waals surface area contributed by atoms with Gasteiger partial charge in [0, 0.05) is 6.42 Å². The maximum atomic E-state index is 11.2. The van der Waals surface area contributed by atoms with Crippen LogP contribution in [0.15, 0.2) is 11.6 Å². The van der Waals surface area contributed by atoms with E-state index in [1.165, 1.54) is 12.0 Å². The molecule has 0 atom stereocenters. The summed E-state index contributed by atoms with van der Waals surface area (Å²) in [4.78, 5) is 13.9. The zero-order valence-corrected chi connectivity index (χ0v) is 8.57. The van der Waals surface area contributed by atoms with Gasteiger partial charge in [-0.2, -0.15) is 10.1 Å². The van der Waals surface area contributed by atoms with Gasteiger partial charge in [-0.05, 0) is 32.1 Å². The van der Waals surface area contributed by atoms with E-state index in [9.17, 15) is 4.79 Å². The molecule has 0 aromatic carbocycles. The van der Waals surface area contributed by atoms with Gasteiger partial charge in [-0.15, -0.1) is 0 Å². The van der Waals surface area contributed by atoms with Gasteiger partial charge in [0.2, 0.25) is 0 Å². The second-order valence-electron chi connectivity index (χ2n) is 3.59. The largest absolute Gasteiger partial charge is 0.433 e. The van der Waals surface area contributed by atoms with Crippen molar-refractivity contribution < 1.29 is 9.58 Å². The highest BCUT2D eigenvalue weighted by atomic mass is 16.1. The summed E-state index contributed by atoms with van der Waals surface area (Å²) >= 11 is 0. The van der Waals surface area contributed by atoms with Crippen molar-refractivity contribution in [2.45, 2.75) is 38.5 Å². The first-order valence-corrected chi connectivity index (χ1v) is 5.11. The molecule has 0 spiro atoms. The predicted molar refractivity (Wildman–Crippen MR) is 55.0 cm³/mol.